The van der Waals surface area contributed by atoms with Crippen molar-refractivity contribution >= 4 is 11.6 Å². The predicted molar refractivity (Wildman–Crippen MR) is 111 cm³/mol. The molecular formula is C23H20F2N2O3. The number of amides is 1. The zero-order valence-corrected chi connectivity index (χ0v) is 16.2. The highest BCUT2D eigenvalue weighted by Crippen LogP contribution is 2.29. The molecule has 0 spiro atoms. The van der Waals surface area contributed by atoms with E-state index in [0.717, 1.165) is 11.1 Å². The number of hydrogen-bond acceptors (Lipinski definition) is 4. The minimum Gasteiger partial charge on any atom is -0.483 e. The lowest BCUT2D eigenvalue weighted by Gasteiger charge is -2.11. The molecule has 5 nitrogen and oxygen atoms in total. The third-order valence-corrected chi connectivity index (χ3v) is 4.18. The summed E-state index contributed by atoms with van der Waals surface area (Å²) in [4.78, 5) is 12.1. The minimum atomic E-state index is -2.88. The normalized spacial score (nSPS) is 11.3. The van der Waals surface area contributed by atoms with Crippen LogP contribution in [0.4, 0.5) is 8.78 Å². The van der Waals surface area contributed by atoms with Crippen molar-refractivity contribution in [2.75, 3.05) is 6.61 Å². The van der Waals surface area contributed by atoms with E-state index >= 15 is 0 Å². The van der Waals surface area contributed by atoms with Crippen molar-refractivity contribution in [3.63, 3.8) is 0 Å². The van der Waals surface area contributed by atoms with Crippen molar-refractivity contribution in [1.82, 2.24) is 5.43 Å². The van der Waals surface area contributed by atoms with Crippen LogP contribution in [0.5, 0.6) is 11.5 Å². The number of carbonyl (C=O) groups is 1. The van der Waals surface area contributed by atoms with Crippen LogP contribution in [0.2, 0.25) is 0 Å². The Labute approximate surface area is 173 Å². The number of hydrazone groups is 1. The second-order valence-electron chi connectivity index (χ2n) is 6.29. The van der Waals surface area contributed by atoms with Gasteiger partial charge in [0.15, 0.2) is 6.61 Å². The molecule has 0 aromatic heterocycles. The Morgan fingerprint density at radius 3 is 2.33 bits per heavy atom. The van der Waals surface area contributed by atoms with Crippen LogP contribution in [0.15, 0.2) is 84.0 Å². The largest absolute Gasteiger partial charge is 0.483 e. The molecule has 1 amide bonds. The topological polar surface area (TPSA) is 59.9 Å². The van der Waals surface area contributed by atoms with Gasteiger partial charge in [0.25, 0.3) is 5.91 Å². The average molecular weight is 410 g/mol. The molecule has 0 radical (unpaired) electrons. The van der Waals surface area contributed by atoms with Gasteiger partial charge in [0.2, 0.25) is 0 Å². The van der Waals surface area contributed by atoms with Crippen LogP contribution in [0, 0.1) is 0 Å². The van der Waals surface area contributed by atoms with Gasteiger partial charge in [-0.05, 0) is 48.4 Å². The van der Waals surface area contributed by atoms with Gasteiger partial charge in [-0.1, -0.05) is 48.5 Å². The van der Waals surface area contributed by atoms with Gasteiger partial charge in [0.1, 0.15) is 11.5 Å². The quantitative estimate of drug-likeness (QED) is 0.426. The van der Waals surface area contributed by atoms with Crippen molar-refractivity contribution in [3.05, 3.63) is 84.4 Å². The highest BCUT2D eigenvalue weighted by Gasteiger charge is 2.09. The lowest BCUT2D eigenvalue weighted by atomic mass is 10.1. The monoisotopic (exact) mass is 410 g/mol. The Kier molecular flexibility index (Phi) is 7.10. The van der Waals surface area contributed by atoms with Crippen molar-refractivity contribution < 1.29 is 23.0 Å². The molecule has 0 fully saturated rings. The zero-order chi connectivity index (χ0) is 21.3. The fourth-order valence-corrected chi connectivity index (χ4v) is 2.71. The number of benzene rings is 3. The van der Waals surface area contributed by atoms with Gasteiger partial charge in [0, 0.05) is 5.56 Å². The number of rotatable bonds is 8. The third-order valence-electron chi connectivity index (χ3n) is 4.18. The average Bonchev–Trinajstić information content (AvgIpc) is 2.77. The molecule has 0 bridgehead atoms. The van der Waals surface area contributed by atoms with Crippen LogP contribution >= 0.6 is 0 Å². The van der Waals surface area contributed by atoms with Crippen molar-refractivity contribution in [3.8, 4) is 22.6 Å². The molecule has 3 aromatic carbocycles. The molecule has 3 rings (SSSR count). The second kappa shape index (κ2) is 10.2. The van der Waals surface area contributed by atoms with Gasteiger partial charge in [-0.25, -0.2) is 5.43 Å². The first-order chi connectivity index (χ1) is 14.5. The number of para-hydroxylation sites is 1. The van der Waals surface area contributed by atoms with E-state index in [1.165, 1.54) is 12.1 Å². The molecule has 0 aliphatic rings. The Balaban J connectivity index is 1.58. The number of halogens is 2. The molecule has 7 heteroatoms. The molecule has 0 unspecified atom stereocenters. The summed E-state index contributed by atoms with van der Waals surface area (Å²) in [6.45, 7) is -1.40. The summed E-state index contributed by atoms with van der Waals surface area (Å²) in [5.74, 6) is 0.222. The molecule has 0 saturated carbocycles. The number of nitrogens with zero attached hydrogens (tertiary/aromatic N) is 1. The van der Waals surface area contributed by atoms with Gasteiger partial charge in [0.05, 0.1) is 5.71 Å². The van der Waals surface area contributed by atoms with Crippen molar-refractivity contribution in [1.29, 1.82) is 0 Å². The number of ether oxygens (including phenoxy) is 2. The van der Waals surface area contributed by atoms with Gasteiger partial charge >= 0.3 is 6.61 Å². The number of alkyl halides is 2. The zero-order valence-electron chi connectivity index (χ0n) is 16.2. The highest BCUT2D eigenvalue weighted by molar-refractivity contribution is 5.99. The van der Waals surface area contributed by atoms with Crippen LogP contribution in [-0.2, 0) is 4.79 Å². The minimum absolute atomic E-state index is 0.0519. The molecule has 0 atom stereocenters. The molecule has 0 saturated heterocycles. The fourth-order valence-electron chi connectivity index (χ4n) is 2.71. The molecule has 30 heavy (non-hydrogen) atoms. The molecular weight excluding hydrogens is 390 g/mol. The molecule has 154 valence electrons. The second-order valence-corrected chi connectivity index (χ2v) is 6.29. The SMILES string of the molecule is C/C(=N\NC(=O)COc1ccccc1-c1ccccc1)c1ccc(OC(F)F)cc1. The van der Waals surface area contributed by atoms with E-state index in [2.05, 4.69) is 15.3 Å². The maximum absolute atomic E-state index is 12.2. The van der Waals surface area contributed by atoms with Crippen LogP contribution in [0.1, 0.15) is 12.5 Å². The number of nitrogens with one attached hydrogen (secondary N) is 1. The fraction of sp³-hybridized carbons (Fsp3) is 0.130. The van der Waals surface area contributed by atoms with Crippen molar-refractivity contribution in [2.24, 2.45) is 5.10 Å². The van der Waals surface area contributed by atoms with Crippen LogP contribution in [0.3, 0.4) is 0 Å². The first-order valence-electron chi connectivity index (χ1n) is 9.18. The van der Waals surface area contributed by atoms with E-state index in [1.54, 1.807) is 25.1 Å². The number of carbonyl (C=O) groups excluding carboxylic acids is 1. The first kappa shape index (κ1) is 21.0. The molecule has 3 aromatic rings. The summed E-state index contributed by atoms with van der Waals surface area (Å²) >= 11 is 0. The van der Waals surface area contributed by atoms with E-state index in [9.17, 15) is 13.6 Å². The number of hydrogen-bond donors (Lipinski definition) is 1. The van der Waals surface area contributed by atoms with Crippen LogP contribution in [0.25, 0.3) is 11.1 Å². The van der Waals surface area contributed by atoms with E-state index in [-0.39, 0.29) is 12.4 Å². The Morgan fingerprint density at radius 2 is 1.63 bits per heavy atom. The van der Waals surface area contributed by atoms with E-state index in [4.69, 9.17) is 4.74 Å². The molecule has 1 N–H and O–H groups in total. The molecule has 0 heterocycles. The third kappa shape index (κ3) is 5.88. The van der Waals surface area contributed by atoms with E-state index in [1.807, 2.05) is 48.5 Å². The van der Waals surface area contributed by atoms with Gasteiger partial charge < -0.3 is 9.47 Å². The lowest BCUT2D eigenvalue weighted by Crippen LogP contribution is -2.25. The van der Waals surface area contributed by atoms with E-state index < -0.39 is 12.5 Å². The standard InChI is InChI=1S/C23H20F2N2O3/c1-16(17-11-13-19(14-12-17)30-23(24)25)26-27-22(28)15-29-21-10-6-5-9-20(21)18-7-3-2-4-8-18/h2-14,23H,15H2,1H3,(H,27,28)/b26-16+. The summed E-state index contributed by atoms with van der Waals surface area (Å²) in [5, 5.41) is 4.03. The molecule has 0 aliphatic carbocycles. The Morgan fingerprint density at radius 1 is 0.967 bits per heavy atom. The lowest BCUT2D eigenvalue weighted by molar-refractivity contribution is -0.123. The summed E-state index contributed by atoms with van der Waals surface area (Å²) in [6, 6.07) is 23.2. The van der Waals surface area contributed by atoms with Crippen LogP contribution < -0.4 is 14.9 Å². The summed E-state index contributed by atoms with van der Waals surface area (Å²) in [6.07, 6.45) is 0. The van der Waals surface area contributed by atoms with Crippen LogP contribution in [-0.4, -0.2) is 24.8 Å². The van der Waals surface area contributed by atoms with Gasteiger partial charge in [-0.2, -0.15) is 13.9 Å². The highest BCUT2D eigenvalue weighted by atomic mass is 19.3. The first-order valence-corrected chi connectivity index (χ1v) is 9.18. The summed E-state index contributed by atoms with van der Waals surface area (Å²) in [5.41, 5.74) is 5.47. The van der Waals surface area contributed by atoms with E-state index in [0.29, 0.717) is 17.0 Å². The molecule has 0 aliphatic heterocycles. The van der Waals surface area contributed by atoms with Gasteiger partial charge in [-0.3, -0.25) is 4.79 Å². The van der Waals surface area contributed by atoms with Gasteiger partial charge in [-0.15, -0.1) is 0 Å². The summed E-state index contributed by atoms with van der Waals surface area (Å²) < 4.78 is 34.4. The summed E-state index contributed by atoms with van der Waals surface area (Å²) in [7, 11) is 0. The maximum Gasteiger partial charge on any atom is 0.387 e. The van der Waals surface area contributed by atoms with Crippen molar-refractivity contribution in [2.45, 2.75) is 13.5 Å². The smallest absolute Gasteiger partial charge is 0.387 e. The predicted octanol–water partition coefficient (Wildman–Crippen LogP) is 4.87. The Bertz CT molecular complexity index is 1010. The Hall–Kier alpha value is -3.74. The maximum atomic E-state index is 12.2.